The highest BCUT2D eigenvalue weighted by molar-refractivity contribution is 7.89. The molecule has 0 spiro atoms. The number of nitrogens with one attached hydrogen (secondary N) is 1. The van der Waals surface area contributed by atoms with Crippen LogP contribution in [-0.4, -0.2) is 77.6 Å². The van der Waals surface area contributed by atoms with Gasteiger partial charge in [0.25, 0.3) is 0 Å². The number of carbonyl (C=O) groups excluding carboxylic acids is 2. The summed E-state index contributed by atoms with van der Waals surface area (Å²) in [6, 6.07) is 4.84. The number of nitrogens with zero attached hydrogens (tertiary/aromatic N) is 2. The Morgan fingerprint density at radius 1 is 1.20 bits per heavy atom. The van der Waals surface area contributed by atoms with Gasteiger partial charge in [-0.1, -0.05) is 0 Å². The monoisotopic (exact) mass is 440 g/mol. The van der Waals surface area contributed by atoms with Crippen molar-refractivity contribution in [2.75, 3.05) is 63.3 Å². The Morgan fingerprint density at radius 3 is 2.47 bits per heavy atom. The molecule has 0 unspecified atom stereocenters. The number of nitrogens with two attached hydrogens (primary N) is 1. The molecule has 2 aliphatic heterocycles. The molecule has 3 rings (SSSR count). The average molecular weight is 441 g/mol. The summed E-state index contributed by atoms with van der Waals surface area (Å²) >= 11 is 0. The zero-order chi connectivity index (χ0) is 21.7. The lowest BCUT2D eigenvalue weighted by Gasteiger charge is -2.35. The Balaban J connectivity index is 1.93. The number of hydrogen-bond acceptors (Lipinski definition) is 7. The minimum atomic E-state index is -3.80. The molecule has 30 heavy (non-hydrogen) atoms. The largest absolute Gasteiger partial charge is 0.379 e. The quantitative estimate of drug-likeness (QED) is 0.610. The zero-order valence-electron chi connectivity index (χ0n) is 17.0. The van der Waals surface area contributed by atoms with Crippen LogP contribution < -0.4 is 16.0 Å². The zero-order valence-corrected chi connectivity index (χ0v) is 17.8. The van der Waals surface area contributed by atoms with Crippen LogP contribution in [0, 0.1) is 5.92 Å². The summed E-state index contributed by atoms with van der Waals surface area (Å²) in [5.74, 6) is -0.901. The van der Waals surface area contributed by atoms with Crippen molar-refractivity contribution in [1.82, 2.24) is 4.31 Å². The highest BCUT2D eigenvalue weighted by atomic mass is 32.2. The highest BCUT2D eigenvalue weighted by Gasteiger charge is 2.32. The maximum absolute atomic E-state index is 13.4. The molecule has 1 aromatic carbocycles. The molecule has 1 aromatic rings. The van der Waals surface area contributed by atoms with Gasteiger partial charge in [0.2, 0.25) is 21.8 Å². The van der Waals surface area contributed by atoms with Gasteiger partial charge in [0.1, 0.15) is 11.5 Å². The Morgan fingerprint density at radius 2 is 1.87 bits per heavy atom. The van der Waals surface area contributed by atoms with E-state index in [9.17, 15) is 18.0 Å². The third-order valence-electron chi connectivity index (χ3n) is 5.34. The van der Waals surface area contributed by atoms with Crippen LogP contribution in [-0.2, 0) is 29.1 Å². The molecule has 2 heterocycles. The van der Waals surface area contributed by atoms with Crippen molar-refractivity contribution in [2.45, 2.75) is 17.7 Å². The van der Waals surface area contributed by atoms with Crippen LogP contribution in [0.15, 0.2) is 23.1 Å². The van der Waals surface area contributed by atoms with E-state index < -0.39 is 10.0 Å². The molecule has 0 aromatic heterocycles. The summed E-state index contributed by atoms with van der Waals surface area (Å²) in [7, 11) is -2.40. The van der Waals surface area contributed by atoms with Crippen LogP contribution in [0.25, 0.3) is 0 Å². The molecule has 0 aliphatic carbocycles. The topological polar surface area (TPSA) is 131 Å². The number of primary amides is 1. The van der Waals surface area contributed by atoms with Crippen LogP contribution in [0.2, 0.25) is 0 Å². The number of carbonyl (C=O) groups is 2. The van der Waals surface area contributed by atoms with E-state index >= 15 is 0 Å². The van der Waals surface area contributed by atoms with E-state index in [1.165, 1.54) is 17.5 Å². The molecular formula is C19H28N4O6S. The maximum atomic E-state index is 13.4. The van der Waals surface area contributed by atoms with Gasteiger partial charge >= 0.3 is 0 Å². The van der Waals surface area contributed by atoms with Crippen molar-refractivity contribution in [3.05, 3.63) is 18.2 Å². The lowest BCUT2D eigenvalue weighted by atomic mass is 9.96. The van der Waals surface area contributed by atoms with E-state index in [2.05, 4.69) is 5.32 Å². The van der Waals surface area contributed by atoms with Crippen molar-refractivity contribution in [3.63, 3.8) is 0 Å². The standard InChI is InChI=1S/C19H28N4O6S/c1-28-13-18(24)21-15-2-3-16(22-6-4-14(5-7-22)19(20)25)17(12-15)30(26,27)23-8-10-29-11-9-23/h2-3,12,14H,4-11,13H2,1H3,(H2,20,25)(H,21,24). The van der Waals surface area contributed by atoms with Crippen molar-refractivity contribution in [2.24, 2.45) is 11.7 Å². The number of hydrogen-bond donors (Lipinski definition) is 2. The van der Waals surface area contributed by atoms with E-state index in [0.29, 0.717) is 50.5 Å². The fourth-order valence-corrected chi connectivity index (χ4v) is 5.36. The van der Waals surface area contributed by atoms with Crippen molar-refractivity contribution < 1.29 is 27.5 Å². The molecule has 2 aliphatic rings. The molecule has 2 saturated heterocycles. The number of benzene rings is 1. The molecule has 3 N–H and O–H groups in total. The number of ether oxygens (including phenoxy) is 2. The first kappa shape index (κ1) is 22.5. The highest BCUT2D eigenvalue weighted by Crippen LogP contribution is 2.33. The Kier molecular flexibility index (Phi) is 7.29. The van der Waals surface area contributed by atoms with Gasteiger partial charge in [0.05, 0.1) is 18.9 Å². The number of rotatable bonds is 7. The van der Waals surface area contributed by atoms with Crippen molar-refractivity contribution in [3.8, 4) is 0 Å². The van der Waals surface area contributed by atoms with Gasteiger partial charge in [0.15, 0.2) is 0 Å². The first-order valence-corrected chi connectivity index (χ1v) is 11.3. The average Bonchev–Trinajstić information content (AvgIpc) is 2.74. The van der Waals surface area contributed by atoms with Gasteiger partial charge in [-0.25, -0.2) is 8.42 Å². The number of piperidine rings is 1. The van der Waals surface area contributed by atoms with Crippen LogP contribution in [0.5, 0.6) is 0 Å². The number of sulfonamides is 1. The molecule has 0 atom stereocenters. The van der Waals surface area contributed by atoms with Gasteiger partial charge < -0.3 is 25.4 Å². The van der Waals surface area contributed by atoms with Crippen molar-refractivity contribution >= 4 is 33.2 Å². The minimum absolute atomic E-state index is 0.122. The van der Waals surface area contributed by atoms with Crippen LogP contribution >= 0.6 is 0 Å². The van der Waals surface area contributed by atoms with E-state index in [4.69, 9.17) is 15.2 Å². The predicted molar refractivity (Wildman–Crippen MR) is 111 cm³/mol. The van der Waals surface area contributed by atoms with Gasteiger partial charge in [-0.05, 0) is 31.0 Å². The van der Waals surface area contributed by atoms with Crippen LogP contribution in [0.4, 0.5) is 11.4 Å². The molecule has 11 heteroatoms. The summed E-state index contributed by atoms with van der Waals surface area (Å²) in [5, 5.41) is 2.66. The number of amides is 2. The Labute approximate surface area is 176 Å². The molecule has 0 bridgehead atoms. The Bertz CT molecular complexity index is 877. The number of anilines is 2. The van der Waals surface area contributed by atoms with E-state index in [0.717, 1.165) is 0 Å². The second kappa shape index (κ2) is 9.73. The van der Waals surface area contributed by atoms with Crippen molar-refractivity contribution in [1.29, 1.82) is 0 Å². The van der Waals surface area contributed by atoms with E-state index in [-0.39, 0.29) is 42.3 Å². The molecule has 2 amide bonds. The maximum Gasteiger partial charge on any atom is 0.250 e. The lowest BCUT2D eigenvalue weighted by Crippen LogP contribution is -2.42. The second-order valence-electron chi connectivity index (χ2n) is 7.34. The first-order valence-electron chi connectivity index (χ1n) is 9.88. The minimum Gasteiger partial charge on any atom is -0.379 e. The fourth-order valence-electron chi connectivity index (χ4n) is 3.72. The smallest absolute Gasteiger partial charge is 0.250 e. The summed E-state index contributed by atoms with van der Waals surface area (Å²) < 4.78 is 38.3. The van der Waals surface area contributed by atoms with Gasteiger partial charge in [0, 0.05) is 44.9 Å². The molecule has 10 nitrogen and oxygen atoms in total. The molecule has 166 valence electrons. The molecule has 2 fully saturated rings. The van der Waals surface area contributed by atoms with E-state index in [1.807, 2.05) is 4.90 Å². The summed E-state index contributed by atoms with van der Waals surface area (Å²) in [6.45, 7) is 2.13. The number of methoxy groups -OCH3 is 1. The number of morpholine rings is 1. The summed E-state index contributed by atoms with van der Waals surface area (Å²) in [6.07, 6.45) is 1.14. The van der Waals surface area contributed by atoms with E-state index in [1.54, 1.807) is 12.1 Å². The summed E-state index contributed by atoms with van der Waals surface area (Å²) in [4.78, 5) is 25.4. The molecular weight excluding hydrogens is 412 g/mol. The lowest BCUT2D eigenvalue weighted by molar-refractivity contribution is -0.122. The predicted octanol–water partition coefficient (Wildman–Crippen LogP) is -0.00590. The van der Waals surface area contributed by atoms with Gasteiger partial charge in [-0.3, -0.25) is 9.59 Å². The third kappa shape index (κ3) is 5.09. The third-order valence-corrected chi connectivity index (χ3v) is 7.27. The Hall–Kier alpha value is -2.21. The first-order chi connectivity index (χ1) is 14.3. The molecule has 0 saturated carbocycles. The fraction of sp³-hybridized carbons (Fsp3) is 0.579. The summed E-state index contributed by atoms with van der Waals surface area (Å²) in [5.41, 5.74) is 6.34. The van der Waals surface area contributed by atoms with Gasteiger partial charge in [-0.2, -0.15) is 4.31 Å². The second-order valence-corrected chi connectivity index (χ2v) is 9.25. The molecule has 0 radical (unpaired) electrons. The van der Waals surface area contributed by atoms with Crippen LogP contribution in [0.3, 0.4) is 0 Å². The van der Waals surface area contributed by atoms with Crippen LogP contribution in [0.1, 0.15) is 12.8 Å². The van der Waals surface area contributed by atoms with Gasteiger partial charge in [-0.15, -0.1) is 0 Å². The normalized spacial score (nSPS) is 18.9. The SMILES string of the molecule is COCC(=O)Nc1ccc(N2CCC(C(N)=O)CC2)c(S(=O)(=O)N2CCOCC2)c1.